The van der Waals surface area contributed by atoms with Gasteiger partial charge in [-0.3, -0.25) is 4.79 Å². The van der Waals surface area contributed by atoms with Crippen molar-refractivity contribution in [1.29, 1.82) is 0 Å². The third-order valence-corrected chi connectivity index (χ3v) is 3.61. The largest absolute Gasteiger partial charge is 0.480 e. The van der Waals surface area contributed by atoms with E-state index in [1.165, 1.54) is 17.7 Å². The topological polar surface area (TPSA) is 49.3 Å². The molecule has 0 radical (unpaired) electrons. The number of carboxylic acids is 1. The zero-order valence-electron chi connectivity index (χ0n) is 10.2. The van der Waals surface area contributed by atoms with Gasteiger partial charge >= 0.3 is 5.97 Å². The first kappa shape index (κ1) is 13.0. The standard InChI is InChI=1S/C14H18FNO2/c15-12-5-1-10(2-6-12)11-3-7-13(8-4-11)16-9-14(17)18/h1-2,5-6,11,13,16H,3-4,7-9H2,(H,17,18). The zero-order chi connectivity index (χ0) is 13.0. The van der Waals surface area contributed by atoms with Gasteiger partial charge in [-0.15, -0.1) is 0 Å². The first-order valence-corrected chi connectivity index (χ1v) is 6.36. The molecule has 1 aliphatic carbocycles. The van der Waals surface area contributed by atoms with E-state index in [4.69, 9.17) is 5.11 Å². The maximum atomic E-state index is 12.8. The molecular formula is C14H18FNO2. The van der Waals surface area contributed by atoms with Crippen molar-refractivity contribution in [2.24, 2.45) is 0 Å². The lowest BCUT2D eigenvalue weighted by molar-refractivity contribution is -0.136. The highest BCUT2D eigenvalue weighted by molar-refractivity contribution is 5.69. The van der Waals surface area contributed by atoms with Gasteiger partial charge in [0.2, 0.25) is 0 Å². The number of halogens is 1. The number of hydrogen-bond acceptors (Lipinski definition) is 2. The van der Waals surface area contributed by atoms with Crippen molar-refractivity contribution in [3.05, 3.63) is 35.6 Å². The Morgan fingerprint density at radius 2 is 1.83 bits per heavy atom. The van der Waals surface area contributed by atoms with E-state index in [0.29, 0.717) is 12.0 Å². The maximum absolute atomic E-state index is 12.8. The van der Waals surface area contributed by atoms with Crippen LogP contribution in [0.2, 0.25) is 0 Å². The lowest BCUT2D eigenvalue weighted by Gasteiger charge is -2.29. The summed E-state index contributed by atoms with van der Waals surface area (Å²) >= 11 is 0. The molecule has 0 unspecified atom stereocenters. The molecule has 2 N–H and O–H groups in total. The van der Waals surface area contributed by atoms with Crippen molar-refractivity contribution < 1.29 is 14.3 Å². The highest BCUT2D eigenvalue weighted by Crippen LogP contribution is 2.32. The van der Waals surface area contributed by atoms with Gasteiger partial charge in [0.1, 0.15) is 5.82 Å². The maximum Gasteiger partial charge on any atom is 0.317 e. The second-order valence-corrected chi connectivity index (χ2v) is 4.87. The predicted molar refractivity (Wildman–Crippen MR) is 67.0 cm³/mol. The predicted octanol–water partition coefficient (Wildman–Crippen LogP) is 2.53. The SMILES string of the molecule is O=C(O)CNC1CCC(c2ccc(F)cc2)CC1. The molecule has 1 fully saturated rings. The van der Waals surface area contributed by atoms with Gasteiger partial charge in [-0.25, -0.2) is 4.39 Å². The molecular weight excluding hydrogens is 233 g/mol. The van der Waals surface area contributed by atoms with Crippen LogP contribution in [0.15, 0.2) is 24.3 Å². The van der Waals surface area contributed by atoms with Gasteiger partial charge in [0.25, 0.3) is 0 Å². The fourth-order valence-corrected chi connectivity index (χ4v) is 2.60. The van der Waals surface area contributed by atoms with E-state index in [0.717, 1.165) is 25.7 Å². The molecule has 0 saturated heterocycles. The molecule has 0 amide bonds. The van der Waals surface area contributed by atoms with E-state index >= 15 is 0 Å². The Balaban J connectivity index is 1.83. The van der Waals surface area contributed by atoms with Gasteiger partial charge in [-0.2, -0.15) is 0 Å². The number of aliphatic carboxylic acids is 1. The third-order valence-electron chi connectivity index (χ3n) is 3.61. The van der Waals surface area contributed by atoms with Gasteiger partial charge < -0.3 is 10.4 Å². The van der Waals surface area contributed by atoms with Gasteiger partial charge in [-0.05, 0) is 49.3 Å². The normalized spacial score (nSPS) is 23.8. The summed E-state index contributed by atoms with van der Waals surface area (Å²) in [5, 5.41) is 11.6. The summed E-state index contributed by atoms with van der Waals surface area (Å²) in [7, 11) is 0. The Bertz CT molecular complexity index is 397. The molecule has 0 heterocycles. The van der Waals surface area contributed by atoms with Crippen LogP contribution in [0.3, 0.4) is 0 Å². The molecule has 2 rings (SSSR count). The van der Waals surface area contributed by atoms with E-state index in [-0.39, 0.29) is 12.4 Å². The van der Waals surface area contributed by atoms with Crippen molar-refractivity contribution in [3.63, 3.8) is 0 Å². The lowest BCUT2D eigenvalue weighted by Crippen LogP contribution is -2.36. The van der Waals surface area contributed by atoms with Crippen molar-refractivity contribution in [2.45, 2.75) is 37.6 Å². The fraction of sp³-hybridized carbons (Fsp3) is 0.500. The van der Waals surface area contributed by atoms with E-state index in [1.54, 1.807) is 0 Å². The van der Waals surface area contributed by atoms with Crippen LogP contribution in [0.5, 0.6) is 0 Å². The molecule has 0 bridgehead atoms. The minimum absolute atomic E-state index is 0.0336. The summed E-state index contributed by atoms with van der Waals surface area (Å²) < 4.78 is 12.8. The summed E-state index contributed by atoms with van der Waals surface area (Å²) in [5.41, 5.74) is 1.19. The number of carbonyl (C=O) groups is 1. The molecule has 1 aromatic rings. The van der Waals surface area contributed by atoms with Gasteiger partial charge in [-0.1, -0.05) is 12.1 Å². The lowest BCUT2D eigenvalue weighted by atomic mass is 9.82. The van der Waals surface area contributed by atoms with Crippen LogP contribution in [0.25, 0.3) is 0 Å². The van der Waals surface area contributed by atoms with Gasteiger partial charge in [0.15, 0.2) is 0 Å². The summed E-state index contributed by atoms with van der Waals surface area (Å²) in [4.78, 5) is 10.5. The molecule has 0 atom stereocenters. The number of benzene rings is 1. The van der Waals surface area contributed by atoms with Crippen LogP contribution in [0, 0.1) is 5.82 Å². The second-order valence-electron chi connectivity index (χ2n) is 4.87. The summed E-state index contributed by atoms with van der Waals surface area (Å²) in [6, 6.07) is 7.02. The van der Waals surface area contributed by atoms with Crippen LogP contribution in [0.4, 0.5) is 4.39 Å². The number of rotatable bonds is 4. The average Bonchev–Trinajstić information content (AvgIpc) is 2.38. The Morgan fingerprint density at radius 3 is 2.39 bits per heavy atom. The van der Waals surface area contributed by atoms with Crippen molar-refractivity contribution >= 4 is 5.97 Å². The quantitative estimate of drug-likeness (QED) is 0.864. The van der Waals surface area contributed by atoms with Crippen molar-refractivity contribution in [2.75, 3.05) is 6.54 Å². The smallest absolute Gasteiger partial charge is 0.317 e. The van der Waals surface area contributed by atoms with Gasteiger partial charge in [0.05, 0.1) is 6.54 Å². The molecule has 0 spiro atoms. The number of carboxylic acid groups (broad SMARTS) is 1. The summed E-state index contributed by atoms with van der Waals surface area (Å²) in [5.74, 6) is -0.528. The highest BCUT2D eigenvalue weighted by atomic mass is 19.1. The molecule has 98 valence electrons. The van der Waals surface area contributed by atoms with E-state index in [2.05, 4.69) is 5.32 Å². The fourth-order valence-electron chi connectivity index (χ4n) is 2.60. The molecule has 0 aromatic heterocycles. The first-order chi connectivity index (χ1) is 8.65. The van der Waals surface area contributed by atoms with Crippen molar-refractivity contribution in [1.82, 2.24) is 5.32 Å². The van der Waals surface area contributed by atoms with Crippen LogP contribution in [0.1, 0.15) is 37.2 Å². The number of nitrogens with one attached hydrogen (secondary N) is 1. The van der Waals surface area contributed by atoms with E-state index in [1.807, 2.05) is 12.1 Å². The Labute approximate surface area is 106 Å². The second kappa shape index (κ2) is 5.96. The first-order valence-electron chi connectivity index (χ1n) is 6.36. The zero-order valence-corrected chi connectivity index (χ0v) is 10.2. The van der Waals surface area contributed by atoms with Gasteiger partial charge in [0, 0.05) is 6.04 Å². The highest BCUT2D eigenvalue weighted by Gasteiger charge is 2.22. The average molecular weight is 251 g/mol. The van der Waals surface area contributed by atoms with Crippen LogP contribution in [-0.4, -0.2) is 23.7 Å². The number of hydrogen-bond donors (Lipinski definition) is 2. The molecule has 3 nitrogen and oxygen atoms in total. The molecule has 0 aliphatic heterocycles. The summed E-state index contributed by atoms with van der Waals surface area (Å²) in [6.45, 7) is 0.0336. The summed E-state index contributed by atoms with van der Waals surface area (Å²) in [6.07, 6.45) is 4.02. The van der Waals surface area contributed by atoms with Crippen molar-refractivity contribution in [3.8, 4) is 0 Å². The molecule has 18 heavy (non-hydrogen) atoms. The van der Waals surface area contributed by atoms with Crippen LogP contribution in [-0.2, 0) is 4.79 Å². The van der Waals surface area contributed by atoms with Crippen LogP contribution >= 0.6 is 0 Å². The molecule has 1 saturated carbocycles. The Kier molecular flexibility index (Phi) is 4.31. The minimum atomic E-state index is -0.810. The van der Waals surface area contributed by atoms with E-state index < -0.39 is 5.97 Å². The Morgan fingerprint density at radius 1 is 1.22 bits per heavy atom. The molecule has 1 aliphatic rings. The minimum Gasteiger partial charge on any atom is -0.480 e. The molecule has 4 heteroatoms. The Hall–Kier alpha value is -1.42. The third kappa shape index (κ3) is 3.53. The molecule has 1 aromatic carbocycles. The monoisotopic (exact) mass is 251 g/mol. The van der Waals surface area contributed by atoms with E-state index in [9.17, 15) is 9.18 Å². The van der Waals surface area contributed by atoms with Crippen LogP contribution < -0.4 is 5.32 Å².